The van der Waals surface area contributed by atoms with Crippen molar-refractivity contribution in [3.05, 3.63) is 66.2 Å². The van der Waals surface area contributed by atoms with E-state index in [1.807, 2.05) is 59.8 Å². The summed E-state index contributed by atoms with van der Waals surface area (Å²) in [5, 5.41) is 7.83. The molecule has 7 heteroatoms. The molecule has 7 nitrogen and oxygen atoms in total. The van der Waals surface area contributed by atoms with Gasteiger partial charge >= 0.3 is 0 Å². The van der Waals surface area contributed by atoms with Gasteiger partial charge in [0.25, 0.3) is 0 Å². The lowest BCUT2D eigenvalue weighted by molar-refractivity contribution is 0.122. The van der Waals surface area contributed by atoms with Crippen molar-refractivity contribution in [1.29, 1.82) is 0 Å². The fourth-order valence-corrected chi connectivity index (χ4v) is 2.89. The third-order valence-electron chi connectivity index (χ3n) is 4.30. The highest BCUT2D eigenvalue weighted by Gasteiger charge is 2.13. The maximum Gasteiger partial charge on any atom is 0.225 e. The van der Waals surface area contributed by atoms with E-state index in [4.69, 9.17) is 4.74 Å². The highest BCUT2D eigenvalue weighted by atomic mass is 16.5. The third-order valence-corrected chi connectivity index (χ3v) is 4.30. The number of nitrogens with one attached hydrogen (secondary N) is 1. The summed E-state index contributed by atoms with van der Waals surface area (Å²) in [4.78, 5) is 11.1. The molecule has 0 amide bonds. The Labute approximate surface area is 152 Å². The Morgan fingerprint density at radius 1 is 0.923 bits per heavy atom. The molecule has 1 saturated heterocycles. The van der Waals surface area contributed by atoms with Crippen molar-refractivity contribution in [3.8, 4) is 5.69 Å². The van der Waals surface area contributed by atoms with Gasteiger partial charge in [-0.2, -0.15) is 5.10 Å². The standard InChI is InChI=1S/C19H22N6O/c1-2-4-18(5-3-1)25-15-17(14-23-25)11-20-10-16-12-21-19(22-13-16)24-6-8-26-9-7-24/h1-5,12-15,20H,6-11H2. The van der Waals surface area contributed by atoms with E-state index in [9.17, 15) is 0 Å². The van der Waals surface area contributed by atoms with Gasteiger partial charge in [0.05, 0.1) is 25.1 Å². The maximum atomic E-state index is 5.36. The summed E-state index contributed by atoms with van der Waals surface area (Å²) < 4.78 is 7.24. The first kappa shape index (κ1) is 16.7. The number of nitrogens with zero attached hydrogens (tertiary/aromatic N) is 5. The molecule has 1 aliphatic rings. The molecule has 0 radical (unpaired) electrons. The zero-order valence-corrected chi connectivity index (χ0v) is 14.6. The highest BCUT2D eigenvalue weighted by molar-refractivity contribution is 5.31. The largest absolute Gasteiger partial charge is 0.378 e. The van der Waals surface area contributed by atoms with E-state index >= 15 is 0 Å². The third kappa shape index (κ3) is 4.07. The first-order chi connectivity index (χ1) is 12.9. The van der Waals surface area contributed by atoms with Gasteiger partial charge in [-0.05, 0) is 12.1 Å². The second-order valence-electron chi connectivity index (χ2n) is 6.22. The number of hydrogen-bond donors (Lipinski definition) is 1. The van der Waals surface area contributed by atoms with Crippen molar-refractivity contribution in [3.63, 3.8) is 0 Å². The normalized spacial score (nSPS) is 14.5. The zero-order valence-electron chi connectivity index (χ0n) is 14.6. The molecule has 0 bridgehead atoms. The molecule has 1 aliphatic heterocycles. The molecule has 1 aromatic carbocycles. The summed E-state index contributed by atoms with van der Waals surface area (Å²) in [5.74, 6) is 0.779. The van der Waals surface area contributed by atoms with Gasteiger partial charge in [0.2, 0.25) is 5.95 Å². The van der Waals surface area contributed by atoms with Crippen molar-refractivity contribution in [2.45, 2.75) is 13.1 Å². The van der Waals surface area contributed by atoms with E-state index in [1.165, 1.54) is 0 Å². The minimum absolute atomic E-state index is 0.722. The van der Waals surface area contributed by atoms with Crippen molar-refractivity contribution in [2.24, 2.45) is 0 Å². The van der Waals surface area contributed by atoms with Gasteiger partial charge in [-0.25, -0.2) is 14.6 Å². The van der Waals surface area contributed by atoms with Gasteiger partial charge in [0.15, 0.2) is 0 Å². The summed E-state index contributed by atoms with van der Waals surface area (Å²) in [6, 6.07) is 10.1. The Hall–Kier alpha value is -2.77. The van der Waals surface area contributed by atoms with Crippen LogP contribution in [0.1, 0.15) is 11.1 Å². The molecule has 0 aliphatic carbocycles. The molecule has 3 aromatic rings. The smallest absolute Gasteiger partial charge is 0.225 e. The van der Waals surface area contributed by atoms with Crippen LogP contribution in [0.25, 0.3) is 5.69 Å². The van der Waals surface area contributed by atoms with E-state index in [-0.39, 0.29) is 0 Å². The van der Waals surface area contributed by atoms with Crippen LogP contribution in [0, 0.1) is 0 Å². The molecule has 4 rings (SSSR count). The second-order valence-corrected chi connectivity index (χ2v) is 6.22. The van der Waals surface area contributed by atoms with Crippen LogP contribution in [-0.4, -0.2) is 46.1 Å². The van der Waals surface area contributed by atoms with Gasteiger partial charge in [-0.3, -0.25) is 0 Å². The van der Waals surface area contributed by atoms with Gasteiger partial charge in [-0.15, -0.1) is 0 Å². The van der Waals surface area contributed by atoms with Gasteiger partial charge in [0.1, 0.15) is 0 Å². The first-order valence-electron chi connectivity index (χ1n) is 8.82. The van der Waals surface area contributed by atoms with Crippen LogP contribution in [-0.2, 0) is 17.8 Å². The molecule has 1 fully saturated rings. The van der Waals surface area contributed by atoms with Crippen LogP contribution in [0.15, 0.2) is 55.1 Å². The maximum absolute atomic E-state index is 5.36. The Morgan fingerprint density at radius 3 is 2.42 bits per heavy atom. The van der Waals surface area contributed by atoms with Gasteiger partial charge in [0, 0.05) is 55.9 Å². The fraction of sp³-hybridized carbons (Fsp3) is 0.316. The predicted molar refractivity (Wildman–Crippen MR) is 99.2 cm³/mol. The van der Waals surface area contributed by atoms with Crippen molar-refractivity contribution in [1.82, 2.24) is 25.1 Å². The lowest BCUT2D eigenvalue weighted by Gasteiger charge is -2.26. The molecule has 0 spiro atoms. The molecule has 0 saturated carbocycles. The van der Waals surface area contributed by atoms with Crippen LogP contribution in [0.5, 0.6) is 0 Å². The van der Waals surface area contributed by atoms with Gasteiger partial charge < -0.3 is 15.0 Å². The highest BCUT2D eigenvalue weighted by Crippen LogP contribution is 2.10. The zero-order chi connectivity index (χ0) is 17.6. The van der Waals surface area contributed by atoms with Crippen molar-refractivity contribution in [2.75, 3.05) is 31.2 Å². The van der Waals surface area contributed by atoms with Crippen molar-refractivity contribution >= 4 is 5.95 Å². The average molecular weight is 350 g/mol. The summed E-state index contributed by atoms with van der Waals surface area (Å²) >= 11 is 0. The number of hydrogen-bond acceptors (Lipinski definition) is 6. The van der Waals surface area contributed by atoms with Crippen LogP contribution >= 0.6 is 0 Å². The Morgan fingerprint density at radius 2 is 1.65 bits per heavy atom. The van der Waals surface area contributed by atoms with Crippen LogP contribution in [0.3, 0.4) is 0 Å². The molecular weight excluding hydrogens is 328 g/mol. The number of morpholine rings is 1. The SMILES string of the molecule is c1ccc(-n2cc(CNCc3cnc(N4CCOCC4)nc3)cn2)cc1. The molecule has 3 heterocycles. The first-order valence-corrected chi connectivity index (χ1v) is 8.82. The summed E-state index contributed by atoms with van der Waals surface area (Å²) in [7, 11) is 0. The van der Waals surface area contributed by atoms with Crippen molar-refractivity contribution < 1.29 is 4.74 Å². The topological polar surface area (TPSA) is 68.1 Å². The van der Waals surface area contributed by atoms with E-state index in [0.29, 0.717) is 0 Å². The molecular formula is C19H22N6O. The van der Waals surface area contributed by atoms with E-state index in [2.05, 4.69) is 25.3 Å². The molecule has 2 aromatic heterocycles. The molecule has 134 valence electrons. The average Bonchev–Trinajstić information content (AvgIpc) is 3.19. The van der Waals surface area contributed by atoms with E-state index < -0.39 is 0 Å². The molecule has 0 atom stereocenters. The minimum atomic E-state index is 0.722. The number of anilines is 1. The summed E-state index contributed by atoms with van der Waals surface area (Å²) in [6.45, 7) is 4.65. The number of aromatic nitrogens is 4. The van der Waals surface area contributed by atoms with Gasteiger partial charge in [-0.1, -0.05) is 18.2 Å². The number of benzene rings is 1. The minimum Gasteiger partial charge on any atom is -0.378 e. The summed E-state index contributed by atoms with van der Waals surface area (Å²) in [6.07, 6.45) is 7.70. The van der Waals surface area contributed by atoms with E-state index in [1.54, 1.807) is 0 Å². The Bertz CT molecular complexity index is 812. The number of ether oxygens (including phenoxy) is 1. The molecule has 26 heavy (non-hydrogen) atoms. The summed E-state index contributed by atoms with van der Waals surface area (Å²) in [5.41, 5.74) is 3.27. The Balaban J connectivity index is 1.29. The Kier molecular flexibility index (Phi) is 5.18. The quantitative estimate of drug-likeness (QED) is 0.731. The number of rotatable bonds is 6. The van der Waals surface area contributed by atoms with Crippen LogP contribution in [0.2, 0.25) is 0 Å². The van der Waals surface area contributed by atoms with Crippen LogP contribution in [0.4, 0.5) is 5.95 Å². The molecule has 1 N–H and O–H groups in total. The molecule has 0 unspecified atom stereocenters. The number of para-hydroxylation sites is 1. The second kappa shape index (κ2) is 8.07. The fourth-order valence-electron chi connectivity index (χ4n) is 2.89. The predicted octanol–water partition coefficient (Wildman–Crippen LogP) is 1.79. The van der Waals surface area contributed by atoms with Crippen LogP contribution < -0.4 is 10.2 Å². The monoisotopic (exact) mass is 350 g/mol. The van der Waals surface area contributed by atoms with E-state index in [0.717, 1.165) is 62.2 Å². The lowest BCUT2D eigenvalue weighted by Crippen LogP contribution is -2.37. The lowest BCUT2D eigenvalue weighted by atomic mass is 10.3.